The highest BCUT2D eigenvalue weighted by atomic mass is 32.2. The molecular formula is C11H10O3S. The van der Waals surface area contributed by atoms with Crippen LogP contribution in [0.2, 0.25) is 0 Å². The predicted molar refractivity (Wildman–Crippen MR) is 57.3 cm³/mol. The summed E-state index contributed by atoms with van der Waals surface area (Å²) in [6.45, 7) is 2.98. The number of fused-ring (bicyclic) bond motifs is 1. The van der Waals surface area contributed by atoms with Gasteiger partial charge in [-0.1, -0.05) is 12.1 Å². The third kappa shape index (κ3) is 1.33. The van der Waals surface area contributed by atoms with Crippen LogP contribution in [0.3, 0.4) is 0 Å². The van der Waals surface area contributed by atoms with Crippen molar-refractivity contribution >= 4 is 21.7 Å². The lowest BCUT2D eigenvalue weighted by molar-refractivity contribution is 0.101. The minimum Gasteiger partial charge on any atom is -0.294 e. The molecule has 0 radical (unpaired) electrons. The van der Waals surface area contributed by atoms with E-state index in [0.717, 1.165) is 0 Å². The van der Waals surface area contributed by atoms with E-state index in [9.17, 15) is 13.2 Å². The molecule has 0 saturated carbocycles. The Morgan fingerprint density at radius 1 is 1.27 bits per heavy atom. The highest BCUT2D eigenvalue weighted by Crippen LogP contribution is 2.34. The van der Waals surface area contributed by atoms with Crippen LogP contribution in [0.4, 0.5) is 0 Å². The SMILES string of the molecule is CC(=O)c1cccc2c1C=C(C)S2(=O)=O. The second kappa shape index (κ2) is 3.03. The third-order valence-corrected chi connectivity index (χ3v) is 4.41. The average molecular weight is 222 g/mol. The molecule has 0 fully saturated rings. The van der Waals surface area contributed by atoms with Gasteiger partial charge in [0.15, 0.2) is 5.78 Å². The molecule has 1 heterocycles. The highest BCUT2D eigenvalue weighted by Gasteiger charge is 2.28. The van der Waals surface area contributed by atoms with E-state index in [2.05, 4.69) is 0 Å². The molecule has 3 nitrogen and oxygen atoms in total. The Morgan fingerprint density at radius 2 is 1.93 bits per heavy atom. The summed E-state index contributed by atoms with van der Waals surface area (Å²) in [6.07, 6.45) is 1.56. The number of carbonyl (C=O) groups is 1. The number of carbonyl (C=O) groups excluding carboxylic acids is 1. The van der Waals surface area contributed by atoms with E-state index in [1.54, 1.807) is 25.1 Å². The summed E-state index contributed by atoms with van der Waals surface area (Å²) in [5.74, 6) is -0.118. The van der Waals surface area contributed by atoms with Gasteiger partial charge in [0, 0.05) is 16.0 Å². The minimum atomic E-state index is -3.33. The summed E-state index contributed by atoms with van der Waals surface area (Å²) < 4.78 is 23.6. The maximum absolute atomic E-state index is 11.8. The minimum absolute atomic E-state index is 0.118. The van der Waals surface area contributed by atoms with Gasteiger partial charge in [0.05, 0.1) is 4.90 Å². The Kier molecular flexibility index (Phi) is 2.04. The molecule has 78 valence electrons. The Hall–Kier alpha value is -1.42. The molecule has 0 atom stereocenters. The third-order valence-electron chi connectivity index (χ3n) is 2.51. The van der Waals surface area contributed by atoms with Gasteiger partial charge in [-0.2, -0.15) is 0 Å². The standard InChI is InChI=1S/C11H10O3S/c1-7-6-10-9(8(2)12)4-3-5-11(10)15(7,13)14/h3-6H,1-2H3. The van der Waals surface area contributed by atoms with Crippen molar-refractivity contribution in [1.82, 2.24) is 0 Å². The summed E-state index contributed by atoms with van der Waals surface area (Å²) in [7, 11) is -3.33. The Morgan fingerprint density at radius 3 is 2.53 bits per heavy atom. The van der Waals surface area contributed by atoms with Gasteiger partial charge >= 0.3 is 0 Å². The lowest BCUT2D eigenvalue weighted by Gasteiger charge is -2.02. The van der Waals surface area contributed by atoms with E-state index in [1.165, 1.54) is 13.0 Å². The van der Waals surface area contributed by atoms with Crippen molar-refractivity contribution in [2.24, 2.45) is 0 Å². The van der Waals surface area contributed by atoms with E-state index in [-0.39, 0.29) is 10.7 Å². The molecule has 15 heavy (non-hydrogen) atoms. The summed E-state index contributed by atoms with van der Waals surface area (Å²) in [4.78, 5) is 11.8. The number of allylic oxidation sites excluding steroid dienone is 1. The van der Waals surface area contributed by atoms with Gasteiger partial charge in [-0.05, 0) is 26.0 Å². The molecule has 1 aliphatic heterocycles. The molecule has 0 unspecified atom stereocenters. The van der Waals surface area contributed by atoms with Gasteiger partial charge in [-0.25, -0.2) is 8.42 Å². The van der Waals surface area contributed by atoms with Crippen molar-refractivity contribution in [1.29, 1.82) is 0 Å². The number of rotatable bonds is 1. The first-order valence-corrected chi connectivity index (χ1v) is 6.00. The Labute approximate surface area is 88.3 Å². The van der Waals surface area contributed by atoms with Crippen LogP contribution in [-0.2, 0) is 9.84 Å². The first kappa shape index (κ1) is 10.1. The Bertz CT molecular complexity index is 580. The van der Waals surface area contributed by atoms with Crippen LogP contribution in [0, 0.1) is 0 Å². The number of sulfone groups is 1. The Balaban J connectivity index is 2.83. The normalized spacial score (nSPS) is 17.1. The first-order valence-electron chi connectivity index (χ1n) is 4.52. The first-order chi connectivity index (χ1) is 6.94. The van der Waals surface area contributed by atoms with Crippen LogP contribution in [0.15, 0.2) is 28.0 Å². The summed E-state index contributed by atoms with van der Waals surface area (Å²) in [5, 5.41) is 0. The maximum Gasteiger partial charge on any atom is 0.203 e. The number of Topliss-reactive ketones (excluding diaryl/α,β-unsaturated/α-hetero) is 1. The van der Waals surface area contributed by atoms with Gasteiger partial charge < -0.3 is 0 Å². The zero-order valence-corrected chi connectivity index (χ0v) is 9.26. The van der Waals surface area contributed by atoms with Crippen molar-refractivity contribution in [3.63, 3.8) is 0 Å². The van der Waals surface area contributed by atoms with Crippen LogP contribution < -0.4 is 0 Å². The van der Waals surface area contributed by atoms with Crippen LogP contribution in [0.25, 0.3) is 6.08 Å². The molecule has 2 rings (SSSR count). The maximum atomic E-state index is 11.8. The second-order valence-corrected chi connectivity index (χ2v) is 5.62. The van der Waals surface area contributed by atoms with Gasteiger partial charge in [0.2, 0.25) is 9.84 Å². The average Bonchev–Trinajstić information content (AvgIpc) is 2.38. The fourth-order valence-corrected chi connectivity index (χ4v) is 3.02. The zero-order valence-electron chi connectivity index (χ0n) is 8.44. The van der Waals surface area contributed by atoms with Gasteiger partial charge in [-0.3, -0.25) is 4.79 Å². The molecule has 0 N–H and O–H groups in total. The molecular weight excluding hydrogens is 212 g/mol. The van der Waals surface area contributed by atoms with E-state index in [4.69, 9.17) is 0 Å². The summed E-state index contributed by atoms with van der Waals surface area (Å²) in [6, 6.07) is 4.77. The molecule has 0 saturated heterocycles. The smallest absolute Gasteiger partial charge is 0.203 e. The summed E-state index contributed by atoms with van der Waals surface area (Å²) >= 11 is 0. The molecule has 0 bridgehead atoms. The van der Waals surface area contributed by atoms with Crippen molar-refractivity contribution in [2.45, 2.75) is 18.7 Å². The van der Waals surface area contributed by atoms with Crippen molar-refractivity contribution in [3.05, 3.63) is 34.2 Å². The molecule has 0 aliphatic carbocycles. The van der Waals surface area contributed by atoms with E-state index in [1.807, 2.05) is 0 Å². The molecule has 0 aromatic heterocycles. The molecule has 1 aliphatic rings. The monoisotopic (exact) mass is 222 g/mol. The van der Waals surface area contributed by atoms with Crippen LogP contribution in [-0.4, -0.2) is 14.2 Å². The van der Waals surface area contributed by atoms with Crippen LogP contribution >= 0.6 is 0 Å². The second-order valence-electron chi connectivity index (χ2n) is 3.53. The number of hydrogen-bond donors (Lipinski definition) is 0. The lowest BCUT2D eigenvalue weighted by Crippen LogP contribution is -2.01. The topological polar surface area (TPSA) is 51.2 Å². The van der Waals surface area contributed by atoms with Crippen LogP contribution in [0.5, 0.6) is 0 Å². The van der Waals surface area contributed by atoms with E-state index >= 15 is 0 Å². The van der Waals surface area contributed by atoms with Crippen molar-refractivity contribution in [2.75, 3.05) is 0 Å². The largest absolute Gasteiger partial charge is 0.294 e. The lowest BCUT2D eigenvalue weighted by atomic mass is 10.0. The van der Waals surface area contributed by atoms with Gasteiger partial charge in [0.25, 0.3) is 0 Å². The van der Waals surface area contributed by atoms with Gasteiger partial charge in [0.1, 0.15) is 0 Å². The van der Waals surface area contributed by atoms with Crippen LogP contribution in [0.1, 0.15) is 29.8 Å². The molecule has 4 heteroatoms. The predicted octanol–water partition coefficient (Wildman–Crippen LogP) is 2.04. The zero-order chi connectivity index (χ0) is 11.2. The van der Waals surface area contributed by atoms with Crippen molar-refractivity contribution in [3.8, 4) is 0 Å². The van der Waals surface area contributed by atoms with Gasteiger partial charge in [-0.15, -0.1) is 0 Å². The molecule has 0 spiro atoms. The number of benzene rings is 1. The van der Waals surface area contributed by atoms with Crippen molar-refractivity contribution < 1.29 is 13.2 Å². The number of ketones is 1. The van der Waals surface area contributed by atoms with E-state index in [0.29, 0.717) is 16.0 Å². The number of hydrogen-bond acceptors (Lipinski definition) is 3. The fourth-order valence-electron chi connectivity index (χ4n) is 1.69. The highest BCUT2D eigenvalue weighted by molar-refractivity contribution is 7.95. The summed E-state index contributed by atoms with van der Waals surface area (Å²) in [5.41, 5.74) is 0.996. The fraction of sp³-hybridized carbons (Fsp3) is 0.182. The quantitative estimate of drug-likeness (QED) is 0.683. The molecule has 0 amide bonds. The van der Waals surface area contributed by atoms with E-state index < -0.39 is 9.84 Å². The molecule has 1 aromatic carbocycles. The molecule has 1 aromatic rings.